The summed E-state index contributed by atoms with van der Waals surface area (Å²) >= 11 is 0. The summed E-state index contributed by atoms with van der Waals surface area (Å²) in [7, 11) is 0. The van der Waals surface area contributed by atoms with Crippen molar-refractivity contribution >= 4 is 49.4 Å². The molecule has 0 N–H and O–H groups in total. The number of aryl methyl sites for hydroxylation is 1. The van der Waals surface area contributed by atoms with Crippen molar-refractivity contribution in [2.24, 2.45) is 0 Å². The second-order valence-electron chi connectivity index (χ2n) is 12.5. The highest BCUT2D eigenvalue weighted by atomic mass is 15.1. The molecule has 226 valence electrons. The van der Waals surface area contributed by atoms with E-state index in [-0.39, 0.29) is 0 Å². The zero-order valence-electron chi connectivity index (χ0n) is 26.5. The molecule has 1 atom stereocenters. The molecule has 1 nitrogen and oxygen atoms in total. The maximum atomic E-state index is 2.49. The van der Waals surface area contributed by atoms with Gasteiger partial charge < -0.3 is 4.90 Å². The largest absolute Gasteiger partial charge is 0.310 e. The van der Waals surface area contributed by atoms with Crippen LogP contribution in [-0.2, 0) is 12.8 Å². The molecule has 0 aliphatic carbocycles. The molecule has 0 heterocycles. The highest BCUT2D eigenvalue weighted by molar-refractivity contribution is 6.26. The first-order chi connectivity index (χ1) is 23.3. The first-order valence-electron chi connectivity index (χ1n) is 16.7. The van der Waals surface area contributed by atoms with E-state index in [4.69, 9.17) is 0 Å². The summed E-state index contributed by atoms with van der Waals surface area (Å²) in [6.45, 7) is 0. The topological polar surface area (TPSA) is 3.24 Å². The minimum Gasteiger partial charge on any atom is -0.310 e. The monoisotopic (exact) mass is 603 g/mol. The Labute approximate surface area is 277 Å². The maximum absolute atomic E-state index is 2.49. The average Bonchev–Trinajstić information content (AvgIpc) is 3.15. The van der Waals surface area contributed by atoms with Gasteiger partial charge in [0.1, 0.15) is 0 Å². The van der Waals surface area contributed by atoms with Crippen LogP contribution >= 0.6 is 0 Å². The Bertz CT molecular complexity index is 2220. The highest BCUT2D eigenvalue weighted by Crippen LogP contribution is 2.41. The van der Waals surface area contributed by atoms with Crippen molar-refractivity contribution in [3.8, 4) is 0 Å². The molecular weight excluding hydrogens is 567 g/mol. The lowest BCUT2D eigenvalue weighted by Crippen LogP contribution is -2.09. The van der Waals surface area contributed by atoms with E-state index in [0.717, 1.165) is 36.3 Å². The number of anilines is 3. The van der Waals surface area contributed by atoms with E-state index >= 15 is 0 Å². The summed E-state index contributed by atoms with van der Waals surface area (Å²) in [5, 5.41) is 7.81. The Morgan fingerprint density at radius 1 is 0.362 bits per heavy atom. The summed E-state index contributed by atoms with van der Waals surface area (Å²) in [5.41, 5.74) is 7.64. The van der Waals surface area contributed by atoms with Crippen LogP contribution in [0.25, 0.3) is 32.3 Å². The number of hydrogen-bond acceptors (Lipinski definition) is 1. The number of rotatable bonds is 9. The van der Waals surface area contributed by atoms with Gasteiger partial charge in [-0.05, 0) is 111 Å². The number of nitrogens with zero attached hydrogens (tertiary/aromatic N) is 1. The molecule has 47 heavy (non-hydrogen) atoms. The van der Waals surface area contributed by atoms with Gasteiger partial charge in [0.15, 0.2) is 0 Å². The summed E-state index contributed by atoms with van der Waals surface area (Å²) in [6, 6.07) is 66.4. The zero-order chi connectivity index (χ0) is 31.4. The van der Waals surface area contributed by atoms with Crippen molar-refractivity contribution in [3.05, 3.63) is 199 Å². The molecule has 0 bridgehead atoms. The fraction of sp³-hybridized carbons (Fsp3) is 0.0870. The van der Waals surface area contributed by atoms with Gasteiger partial charge in [-0.25, -0.2) is 0 Å². The zero-order valence-corrected chi connectivity index (χ0v) is 26.5. The number of hydrogen-bond donors (Lipinski definition) is 0. The predicted molar refractivity (Wildman–Crippen MR) is 201 cm³/mol. The van der Waals surface area contributed by atoms with Crippen LogP contribution in [0.1, 0.15) is 29.0 Å². The van der Waals surface area contributed by atoms with Gasteiger partial charge in [0.2, 0.25) is 0 Å². The lowest BCUT2D eigenvalue weighted by molar-refractivity contribution is 0.622. The van der Waals surface area contributed by atoms with Crippen molar-refractivity contribution in [2.75, 3.05) is 4.90 Å². The van der Waals surface area contributed by atoms with E-state index in [1.54, 1.807) is 0 Å². The van der Waals surface area contributed by atoms with E-state index in [0.29, 0.717) is 5.92 Å². The summed E-state index contributed by atoms with van der Waals surface area (Å²) < 4.78 is 0. The molecule has 8 aromatic rings. The summed E-state index contributed by atoms with van der Waals surface area (Å²) in [5.74, 6) is 0.412. The van der Waals surface area contributed by atoms with Crippen molar-refractivity contribution in [1.29, 1.82) is 0 Å². The van der Waals surface area contributed by atoms with Gasteiger partial charge >= 0.3 is 0 Å². The van der Waals surface area contributed by atoms with E-state index in [2.05, 4.69) is 187 Å². The lowest BCUT2D eigenvalue weighted by atomic mass is 9.84. The molecular formula is C46H37N. The third-order valence-corrected chi connectivity index (χ3v) is 9.55. The number of benzene rings is 8. The Morgan fingerprint density at radius 2 is 0.830 bits per heavy atom. The Kier molecular flexibility index (Phi) is 7.95. The molecule has 0 saturated carbocycles. The number of para-hydroxylation sites is 2. The van der Waals surface area contributed by atoms with Crippen molar-refractivity contribution in [2.45, 2.75) is 25.2 Å². The van der Waals surface area contributed by atoms with Crippen LogP contribution in [-0.4, -0.2) is 0 Å². The maximum Gasteiger partial charge on any atom is 0.0468 e. The Balaban J connectivity index is 1.29. The van der Waals surface area contributed by atoms with Crippen molar-refractivity contribution in [1.82, 2.24) is 0 Å². The Morgan fingerprint density at radius 3 is 1.47 bits per heavy atom. The molecule has 8 rings (SSSR count). The van der Waals surface area contributed by atoms with Gasteiger partial charge in [-0.1, -0.05) is 146 Å². The highest BCUT2D eigenvalue weighted by Gasteiger charge is 2.18. The van der Waals surface area contributed by atoms with Crippen LogP contribution in [0, 0.1) is 0 Å². The molecule has 0 spiro atoms. The molecule has 0 amide bonds. The van der Waals surface area contributed by atoms with Crippen LogP contribution in [0.2, 0.25) is 0 Å². The summed E-state index contributed by atoms with van der Waals surface area (Å²) in [4.78, 5) is 2.36. The molecule has 0 aromatic heterocycles. The fourth-order valence-electron chi connectivity index (χ4n) is 7.23. The van der Waals surface area contributed by atoms with Crippen molar-refractivity contribution in [3.63, 3.8) is 0 Å². The third kappa shape index (κ3) is 5.89. The van der Waals surface area contributed by atoms with Crippen LogP contribution in [0.4, 0.5) is 17.1 Å². The molecule has 8 aromatic carbocycles. The molecule has 1 heteroatoms. The van der Waals surface area contributed by atoms with Gasteiger partial charge in [-0.15, -0.1) is 0 Å². The van der Waals surface area contributed by atoms with E-state index < -0.39 is 0 Å². The second-order valence-corrected chi connectivity index (χ2v) is 12.5. The van der Waals surface area contributed by atoms with Crippen LogP contribution in [0.3, 0.4) is 0 Å². The van der Waals surface area contributed by atoms with Gasteiger partial charge in [0.25, 0.3) is 0 Å². The molecule has 0 radical (unpaired) electrons. The Hall–Kier alpha value is -5.66. The van der Waals surface area contributed by atoms with E-state index in [1.165, 1.54) is 49.0 Å². The first-order valence-corrected chi connectivity index (χ1v) is 16.7. The minimum atomic E-state index is 0.412. The molecule has 0 aliphatic rings. The van der Waals surface area contributed by atoms with Crippen LogP contribution in [0.15, 0.2) is 182 Å². The van der Waals surface area contributed by atoms with Crippen LogP contribution in [0.5, 0.6) is 0 Å². The van der Waals surface area contributed by atoms with Gasteiger partial charge in [0, 0.05) is 17.1 Å². The quantitative estimate of drug-likeness (QED) is 0.148. The van der Waals surface area contributed by atoms with Crippen molar-refractivity contribution < 1.29 is 0 Å². The smallest absolute Gasteiger partial charge is 0.0468 e. The molecule has 0 aliphatic heterocycles. The SMILES string of the molecule is c1ccc(CCC(Cc2ccccc2)c2ccc3c4ccccc4c4cc(N(c5ccccc5)c5ccccc5)ccc4c3c2)cc1. The predicted octanol–water partition coefficient (Wildman–Crippen LogP) is 12.6. The fourth-order valence-corrected chi connectivity index (χ4v) is 7.23. The van der Waals surface area contributed by atoms with Gasteiger partial charge in [0.05, 0.1) is 0 Å². The van der Waals surface area contributed by atoms with Crippen LogP contribution < -0.4 is 4.90 Å². The minimum absolute atomic E-state index is 0.412. The molecule has 0 saturated heterocycles. The average molecular weight is 604 g/mol. The normalized spacial score (nSPS) is 12.0. The van der Waals surface area contributed by atoms with Gasteiger partial charge in [-0.3, -0.25) is 0 Å². The lowest BCUT2D eigenvalue weighted by Gasteiger charge is -2.26. The van der Waals surface area contributed by atoms with Gasteiger partial charge in [-0.2, -0.15) is 0 Å². The molecule has 1 unspecified atom stereocenters. The summed E-state index contributed by atoms with van der Waals surface area (Å²) in [6.07, 6.45) is 3.19. The standard InChI is InChI=1S/C46H37N/c1-5-15-34(16-6-1)25-26-36(31-35-17-7-2-8-18-35)37-27-29-43-41-23-13-14-24-42(41)46-33-40(28-30-44(46)45(43)32-37)47(38-19-9-3-10-20-38)39-21-11-4-12-22-39/h1-24,27-30,32-33,36H,25-26,31H2. The second kappa shape index (κ2) is 13.0. The van der Waals surface area contributed by atoms with E-state index in [1.807, 2.05) is 0 Å². The number of fused-ring (bicyclic) bond motifs is 6. The first kappa shape index (κ1) is 28.8. The van der Waals surface area contributed by atoms with E-state index in [9.17, 15) is 0 Å². The molecule has 0 fully saturated rings. The third-order valence-electron chi connectivity index (χ3n) is 9.55.